The van der Waals surface area contributed by atoms with E-state index in [1.165, 1.54) is 0 Å². The van der Waals surface area contributed by atoms with Gasteiger partial charge in [0.1, 0.15) is 22.0 Å². The number of nitrogens with zero attached hydrogens (tertiary/aromatic N) is 2. The van der Waals surface area contributed by atoms with Gasteiger partial charge in [0.05, 0.1) is 6.61 Å². The Hall–Kier alpha value is -1.08. The number of aromatic nitrogens is 1. The molecule has 4 heteroatoms. The number of pyridine rings is 1. The number of rotatable bonds is 2. The van der Waals surface area contributed by atoms with E-state index < -0.39 is 0 Å². The topological polar surface area (TPSA) is 45.9 Å². The summed E-state index contributed by atoms with van der Waals surface area (Å²) < 4.78 is 5.74. The summed E-state index contributed by atoms with van der Waals surface area (Å²) >= 11 is 3.16. The summed E-state index contributed by atoms with van der Waals surface area (Å²) in [6.07, 6.45) is 1.59. The lowest BCUT2D eigenvalue weighted by Crippen LogP contribution is -1.95. The van der Waals surface area contributed by atoms with Gasteiger partial charge in [0.25, 0.3) is 0 Å². The van der Waals surface area contributed by atoms with Crippen molar-refractivity contribution in [3.05, 3.63) is 22.4 Å². The maximum absolute atomic E-state index is 8.73. The molecule has 0 fully saturated rings. The second-order valence-corrected chi connectivity index (χ2v) is 2.77. The Balaban J connectivity index is 3.11. The van der Waals surface area contributed by atoms with Crippen molar-refractivity contribution in [2.24, 2.45) is 0 Å². The fourth-order valence-corrected chi connectivity index (χ4v) is 1.20. The lowest BCUT2D eigenvalue weighted by molar-refractivity contribution is 0.338. The molecule has 1 heterocycles. The zero-order valence-electron chi connectivity index (χ0n) is 6.54. The van der Waals surface area contributed by atoms with Gasteiger partial charge in [-0.15, -0.1) is 0 Å². The lowest BCUT2D eigenvalue weighted by atomic mass is 10.3. The van der Waals surface area contributed by atoms with E-state index in [9.17, 15) is 0 Å². The van der Waals surface area contributed by atoms with E-state index in [0.717, 1.165) is 0 Å². The van der Waals surface area contributed by atoms with Crippen molar-refractivity contribution < 1.29 is 4.74 Å². The summed E-state index contributed by atoms with van der Waals surface area (Å²) in [4.78, 5) is 3.91. The Morgan fingerprint density at radius 2 is 2.50 bits per heavy atom. The molecule has 1 rings (SSSR count). The Labute approximate surface area is 79.1 Å². The Morgan fingerprint density at radius 1 is 1.75 bits per heavy atom. The van der Waals surface area contributed by atoms with Crippen molar-refractivity contribution in [3.8, 4) is 11.8 Å². The van der Waals surface area contributed by atoms with Crippen LogP contribution in [0.5, 0.6) is 5.75 Å². The van der Waals surface area contributed by atoms with Gasteiger partial charge in [-0.2, -0.15) is 5.26 Å². The predicted molar refractivity (Wildman–Crippen MR) is 47.8 cm³/mol. The number of ether oxygens (including phenoxy) is 1. The SMILES string of the molecule is CCOc1ccnc(Br)c1C#N. The van der Waals surface area contributed by atoms with E-state index in [0.29, 0.717) is 22.5 Å². The average Bonchev–Trinajstić information content (AvgIpc) is 2.05. The number of halogens is 1. The predicted octanol–water partition coefficient (Wildman–Crippen LogP) is 2.11. The van der Waals surface area contributed by atoms with Crippen LogP contribution in [0.25, 0.3) is 0 Å². The van der Waals surface area contributed by atoms with E-state index in [4.69, 9.17) is 10.00 Å². The molecule has 0 unspecified atom stereocenters. The highest BCUT2D eigenvalue weighted by molar-refractivity contribution is 9.10. The third-order valence-electron chi connectivity index (χ3n) is 1.28. The van der Waals surface area contributed by atoms with Gasteiger partial charge in [-0.05, 0) is 28.9 Å². The Kier molecular flexibility index (Phi) is 3.06. The highest BCUT2D eigenvalue weighted by Gasteiger charge is 2.06. The summed E-state index contributed by atoms with van der Waals surface area (Å²) in [5.74, 6) is 0.571. The second kappa shape index (κ2) is 4.07. The molecule has 3 nitrogen and oxygen atoms in total. The first-order valence-electron chi connectivity index (χ1n) is 3.47. The highest BCUT2D eigenvalue weighted by Crippen LogP contribution is 2.23. The molecule has 62 valence electrons. The van der Waals surface area contributed by atoms with Gasteiger partial charge in [-0.3, -0.25) is 0 Å². The molecule has 1 aromatic rings. The molecule has 0 radical (unpaired) electrons. The van der Waals surface area contributed by atoms with E-state index in [2.05, 4.69) is 20.9 Å². The summed E-state index contributed by atoms with van der Waals surface area (Å²) in [7, 11) is 0. The molecular weight excluding hydrogens is 220 g/mol. The van der Waals surface area contributed by atoms with Crippen LogP contribution >= 0.6 is 15.9 Å². The van der Waals surface area contributed by atoms with E-state index in [1.54, 1.807) is 12.3 Å². The minimum Gasteiger partial charge on any atom is -0.492 e. The molecule has 0 aliphatic rings. The quantitative estimate of drug-likeness (QED) is 0.727. The van der Waals surface area contributed by atoms with Gasteiger partial charge in [0.15, 0.2) is 0 Å². The van der Waals surface area contributed by atoms with Crippen LogP contribution in [0, 0.1) is 11.3 Å². The summed E-state index contributed by atoms with van der Waals surface area (Å²) in [6.45, 7) is 2.42. The van der Waals surface area contributed by atoms with Crippen molar-refractivity contribution in [1.29, 1.82) is 5.26 Å². The number of hydrogen-bond donors (Lipinski definition) is 0. The van der Waals surface area contributed by atoms with Crippen LogP contribution < -0.4 is 4.74 Å². The number of nitriles is 1. The van der Waals surface area contributed by atoms with Crippen molar-refractivity contribution in [2.45, 2.75) is 6.92 Å². The molecule has 0 saturated heterocycles. The molecule has 0 saturated carbocycles. The molecular formula is C8H7BrN2O. The normalized spacial score (nSPS) is 9.08. The van der Waals surface area contributed by atoms with Gasteiger partial charge in [-0.25, -0.2) is 4.98 Å². The molecule has 1 aromatic heterocycles. The van der Waals surface area contributed by atoms with Crippen LogP contribution in [0.3, 0.4) is 0 Å². The third kappa shape index (κ3) is 1.74. The molecule has 12 heavy (non-hydrogen) atoms. The van der Waals surface area contributed by atoms with E-state index in [-0.39, 0.29) is 0 Å². The third-order valence-corrected chi connectivity index (χ3v) is 1.88. The molecule has 0 aliphatic carbocycles. The van der Waals surface area contributed by atoms with Gasteiger partial charge < -0.3 is 4.74 Å². The summed E-state index contributed by atoms with van der Waals surface area (Å²) in [5.41, 5.74) is 0.444. The van der Waals surface area contributed by atoms with Gasteiger partial charge in [0.2, 0.25) is 0 Å². The van der Waals surface area contributed by atoms with Crippen LogP contribution in [0.2, 0.25) is 0 Å². The van der Waals surface area contributed by atoms with Crippen LogP contribution in [0.4, 0.5) is 0 Å². The van der Waals surface area contributed by atoms with Gasteiger partial charge >= 0.3 is 0 Å². The molecule has 0 amide bonds. The first-order valence-corrected chi connectivity index (χ1v) is 4.26. The van der Waals surface area contributed by atoms with Crippen molar-refractivity contribution in [3.63, 3.8) is 0 Å². The van der Waals surface area contributed by atoms with Crippen LogP contribution in [-0.2, 0) is 0 Å². The van der Waals surface area contributed by atoms with Crippen LogP contribution in [-0.4, -0.2) is 11.6 Å². The fraction of sp³-hybridized carbons (Fsp3) is 0.250. The Bertz CT molecular complexity index is 319. The van der Waals surface area contributed by atoms with Crippen molar-refractivity contribution in [1.82, 2.24) is 4.98 Å². The van der Waals surface area contributed by atoms with Crippen LogP contribution in [0.1, 0.15) is 12.5 Å². The van der Waals surface area contributed by atoms with Crippen molar-refractivity contribution in [2.75, 3.05) is 6.61 Å². The minimum absolute atomic E-state index is 0.444. The van der Waals surface area contributed by atoms with E-state index >= 15 is 0 Å². The molecule has 0 aliphatic heterocycles. The maximum atomic E-state index is 8.73. The highest BCUT2D eigenvalue weighted by atomic mass is 79.9. The molecule has 0 bridgehead atoms. The molecule has 0 aromatic carbocycles. The van der Waals surface area contributed by atoms with E-state index in [1.807, 2.05) is 13.0 Å². The maximum Gasteiger partial charge on any atom is 0.141 e. The smallest absolute Gasteiger partial charge is 0.141 e. The van der Waals surface area contributed by atoms with Crippen molar-refractivity contribution >= 4 is 15.9 Å². The molecule has 0 N–H and O–H groups in total. The second-order valence-electron chi connectivity index (χ2n) is 2.02. The van der Waals surface area contributed by atoms with Gasteiger partial charge in [0, 0.05) is 6.20 Å². The molecule has 0 spiro atoms. The first-order chi connectivity index (χ1) is 5.79. The lowest BCUT2D eigenvalue weighted by Gasteiger charge is -2.04. The summed E-state index contributed by atoms with van der Waals surface area (Å²) in [6, 6.07) is 3.69. The monoisotopic (exact) mass is 226 g/mol. The number of hydrogen-bond acceptors (Lipinski definition) is 3. The molecule has 0 atom stereocenters. The first kappa shape index (κ1) is 9.01. The van der Waals surface area contributed by atoms with Crippen LogP contribution in [0.15, 0.2) is 16.9 Å². The fourth-order valence-electron chi connectivity index (χ4n) is 0.797. The largest absolute Gasteiger partial charge is 0.492 e. The standard InChI is InChI=1S/C8H7BrN2O/c1-2-12-7-3-4-11-8(9)6(7)5-10/h3-4H,2H2,1H3. The zero-order chi connectivity index (χ0) is 8.97. The Morgan fingerprint density at radius 3 is 3.08 bits per heavy atom. The summed E-state index contributed by atoms with van der Waals surface area (Å²) in [5, 5.41) is 8.73. The van der Waals surface area contributed by atoms with Gasteiger partial charge in [-0.1, -0.05) is 0 Å². The zero-order valence-corrected chi connectivity index (χ0v) is 8.13. The minimum atomic E-state index is 0.444. The average molecular weight is 227 g/mol.